The average molecular weight is 366 g/mol. The van der Waals surface area contributed by atoms with Crippen LogP contribution in [0.1, 0.15) is 24.0 Å². The smallest absolute Gasteiger partial charge is 0.228 e. The first-order valence-corrected chi connectivity index (χ1v) is 9.76. The summed E-state index contributed by atoms with van der Waals surface area (Å²) in [7, 11) is 0. The van der Waals surface area contributed by atoms with Gasteiger partial charge in [-0.1, -0.05) is 29.5 Å². The molecule has 5 nitrogen and oxygen atoms in total. The number of aryl methyl sites for hydroxylation is 2. The van der Waals surface area contributed by atoms with Crippen LogP contribution in [0.3, 0.4) is 0 Å². The van der Waals surface area contributed by atoms with Gasteiger partial charge in [0.25, 0.3) is 0 Å². The molecule has 0 unspecified atom stereocenters. The molecule has 134 valence electrons. The molecule has 1 N–H and O–H groups in total. The van der Waals surface area contributed by atoms with E-state index in [1.165, 1.54) is 10.3 Å². The quantitative estimate of drug-likeness (QED) is 0.756. The Morgan fingerprint density at radius 3 is 2.69 bits per heavy atom. The van der Waals surface area contributed by atoms with Crippen LogP contribution in [0.4, 0.5) is 10.9 Å². The summed E-state index contributed by atoms with van der Waals surface area (Å²) in [6.45, 7) is 5.83. The highest BCUT2D eigenvalue weighted by molar-refractivity contribution is 7.22. The van der Waals surface area contributed by atoms with Gasteiger partial charge in [-0.2, -0.15) is 0 Å². The van der Waals surface area contributed by atoms with Crippen molar-refractivity contribution in [3.63, 3.8) is 0 Å². The summed E-state index contributed by atoms with van der Waals surface area (Å²) in [5.41, 5.74) is 3.42. The van der Waals surface area contributed by atoms with E-state index in [4.69, 9.17) is 4.98 Å². The highest BCUT2D eigenvalue weighted by Crippen LogP contribution is 2.33. The van der Waals surface area contributed by atoms with Gasteiger partial charge in [0.1, 0.15) is 5.82 Å². The summed E-state index contributed by atoms with van der Waals surface area (Å²) in [6.07, 6.45) is 3.45. The third-order valence-corrected chi connectivity index (χ3v) is 6.17. The SMILES string of the molecule is Cc1ccc(NC(=O)C2CCN(c3nc4cccc(C)c4s3)CC2)nc1. The second kappa shape index (κ2) is 7.03. The number of anilines is 2. The molecule has 26 heavy (non-hydrogen) atoms. The average Bonchev–Trinajstić information content (AvgIpc) is 3.09. The number of hydrogen-bond acceptors (Lipinski definition) is 5. The van der Waals surface area contributed by atoms with Crippen molar-refractivity contribution >= 4 is 38.4 Å². The maximum absolute atomic E-state index is 12.5. The molecule has 3 aromatic rings. The van der Waals surface area contributed by atoms with Gasteiger partial charge in [0.15, 0.2) is 5.13 Å². The van der Waals surface area contributed by atoms with Crippen molar-refractivity contribution in [1.29, 1.82) is 0 Å². The second-order valence-corrected chi connectivity index (χ2v) is 7.87. The van der Waals surface area contributed by atoms with E-state index in [0.29, 0.717) is 5.82 Å². The lowest BCUT2D eigenvalue weighted by atomic mass is 9.96. The molecule has 0 atom stereocenters. The van der Waals surface area contributed by atoms with Crippen LogP contribution in [-0.4, -0.2) is 29.0 Å². The van der Waals surface area contributed by atoms with E-state index >= 15 is 0 Å². The molecule has 4 rings (SSSR count). The number of carbonyl (C=O) groups excluding carboxylic acids is 1. The van der Waals surface area contributed by atoms with E-state index in [1.807, 2.05) is 19.1 Å². The number of carbonyl (C=O) groups is 1. The molecule has 1 amide bonds. The summed E-state index contributed by atoms with van der Waals surface area (Å²) in [5, 5.41) is 4.00. The number of fused-ring (bicyclic) bond motifs is 1. The first-order valence-electron chi connectivity index (χ1n) is 8.95. The predicted octanol–water partition coefficient (Wildman–Crippen LogP) is 4.16. The summed E-state index contributed by atoms with van der Waals surface area (Å²) < 4.78 is 1.26. The number of rotatable bonds is 3. The van der Waals surface area contributed by atoms with Gasteiger partial charge in [0.2, 0.25) is 5.91 Å². The Bertz CT molecular complexity index is 927. The molecule has 2 aromatic heterocycles. The minimum absolute atomic E-state index is 0.0328. The van der Waals surface area contributed by atoms with Gasteiger partial charge in [-0.25, -0.2) is 9.97 Å². The third-order valence-electron chi connectivity index (χ3n) is 4.90. The van der Waals surface area contributed by atoms with Crippen molar-refractivity contribution in [2.75, 3.05) is 23.3 Å². The standard InChI is InChI=1S/C20H22N4OS/c1-13-6-7-17(21-12-13)23-19(25)15-8-10-24(11-9-15)20-22-16-5-3-4-14(2)18(16)26-20/h3-7,12,15H,8-11H2,1-2H3,(H,21,23,25). The van der Waals surface area contributed by atoms with Gasteiger partial charge in [0, 0.05) is 25.2 Å². The topological polar surface area (TPSA) is 58.1 Å². The molecule has 1 saturated heterocycles. The van der Waals surface area contributed by atoms with Crippen LogP contribution < -0.4 is 10.2 Å². The molecule has 0 aliphatic carbocycles. The fraction of sp³-hybridized carbons (Fsp3) is 0.350. The molecule has 1 aliphatic rings. The van der Waals surface area contributed by atoms with Gasteiger partial charge in [-0.3, -0.25) is 4.79 Å². The molecule has 0 bridgehead atoms. The number of hydrogen-bond donors (Lipinski definition) is 1. The highest BCUT2D eigenvalue weighted by atomic mass is 32.1. The molecule has 3 heterocycles. The van der Waals surface area contributed by atoms with Gasteiger partial charge in [0.05, 0.1) is 10.2 Å². The molecule has 6 heteroatoms. The summed E-state index contributed by atoms with van der Waals surface area (Å²) >= 11 is 1.75. The number of piperidine rings is 1. The molecular formula is C20H22N4OS. The van der Waals surface area contributed by atoms with E-state index < -0.39 is 0 Å². The number of benzene rings is 1. The van der Waals surface area contributed by atoms with Gasteiger partial charge in [-0.05, 0) is 49.9 Å². The number of nitrogens with zero attached hydrogens (tertiary/aromatic N) is 3. The van der Waals surface area contributed by atoms with Crippen LogP contribution in [0.2, 0.25) is 0 Å². The van der Waals surface area contributed by atoms with E-state index in [-0.39, 0.29) is 11.8 Å². The molecular weight excluding hydrogens is 344 g/mol. The van der Waals surface area contributed by atoms with Crippen LogP contribution in [0.25, 0.3) is 10.2 Å². The van der Waals surface area contributed by atoms with Gasteiger partial charge >= 0.3 is 0 Å². The Hall–Kier alpha value is -2.47. The Kier molecular flexibility index (Phi) is 4.59. The predicted molar refractivity (Wildman–Crippen MR) is 107 cm³/mol. The molecule has 1 fully saturated rings. The monoisotopic (exact) mass is 366 g/mol. The van der Waals surface area contributed by atoms with Crippen LogP contribution in [-0.2, 0) is 4.79 Å². The fourth-order valence-corrected chi connectivity index (χ4v) is 4.40. The Morgan fingerprint density at radius 2 is 2.00 bits per heavy atom. The fourth-order valence-electron chi connectivity index (χ4n) is 3.31. The number of aromatic nitrogens is 2. The first-order chi connectivity index (χ1) is 12.6. The zero-order chi connectivity index (χ0) is 18.1. The van der Waals surface area contributed by atoms with Crippen LogP contribution in [0, 0.1) is 19.8 Å². The second-order valence-electron chi connectivity index (χ2n) is 6.89. The molecule has 0 radical (unpaired) electrons. The number of amides is 1. The van der Waals surface area contributed by atoms with Crippen molar-refractivity contribution in [3.05, 3.63) is 47.7 Å². The van der Waals surface area contributed by atoms with E-state index in [9.17, 15) is 4.79 Å². The van der Waals surface area contributed by atoms with Crippen molar-refractivity contribution in [2.45, 2.75) is 26.7 Å². The van der Waals surface area contributed by atoms with Crippen molar-refractivity contribution in [3.8, 4) is 0 Å². The van der Waals surface area contributed by atoms with Gasteiger partial charge in [-0.15, -0.1) is 0 Å². The summed E-state index contributed by atoms with van der Waals surface area (Å²) in [4.78, 5) is 23.8. The summed E-state index contributed by atoms with van der Waals surface area (Å²) in [6, 6.07) is 10.1. The zero-order valence-corrected chi connectivity index (χ0v) is 15.8. The minimum Gasteiger partial charge on any atom is -0.348 e. The van der Waals surface area contributed by atoms with Crippen molar-refractivity contribution in [1.82, 2.24) is 9.97 Å². The Morgan fingerprint density at radius 1 is 1.19 bits per heavy atom. The molecule has 1 aliphatic heterocycles. The minimum atomic E-state index is 0.0328. The van der Waals surface area contributed by atoms with Crippen LogP contribution >= 0.6 is 11.3 Å². The van der Waals surface area contributed by atoms with E-state index in [0.717, 1.165) is 42.1 Å². The lowest BCUT2D eigenvalue weighted by Gasteiger charge is -2.30. The summed E-state index contributed by atoms with van der Waals surface area (Å²) in [5.74, 6) is 0.733. The maximum atomic E-state index is 12.5. The zero-order valence-electron chi connectivity index (χ0n) is 15.0. The number of nitrogens with one attached hydrogen (secondary N) is 1. The lowest BCUT2D eigenvalue weighted by Crippen LogP contribution is -2.38. The van der Waals surface area contributed by atoms with E-state index in [1.54, 1.807) is 17.5 Å². The Labute approximate surface area is 157 Å². The largest absolute Gasteiger partial charge is 0.348 e. The van der Waals surface area contributed by atoms with Gasteiger partial charge < -0.3 is 10.2 Å². The maximum Gasteiger partial charge on any atom is 0.228 e. The number of thiazole rings is 1. The third kappa shape index (κ3) is 3.42. The normalized spacial score (nSPS) is 15.4. The first kappa shape index (κ1) is 17.0. The molecule has 1 aromatic carbocycles. The number of pyridine rings is 1. The van der Waals surface area contributed by atoms with E-state index in [2.05, 4.69) is 40.3 Å². The lowest BCUT2D eigenvalue weighted by molar-refractivity contribution is -0.120. The molecule has 0 spiro atoms. The van der Waals surface area contributed by atoms with Crippen molar-refractivity contribution < 1.29 is 4.79 Å². The Balaban J connectivity index is 1.39. The van der Waals surface area contributed by atoms with Crippen LogP contribution in [0.5, 0.6) is 0 Å². The van der Waals surface area contributed by atoms with Crippen molar-refractivity contribution in [2.24, 2.45) is 5.92 Å². The van der Waals surface area contributed by atoms with Crippen LogP contribution in [0.15, 0.2) is 36.5 Å². The molecule has 0 saturated carbocycles. The highest BCUT2D eigenvalue weighted by Gasteiger charge is 2.26.